The number of halogens is 4. The van der Waals surface area contributed by atoms with Crippen molar-refractivity contribution >= 4 is 28.3 Å². The summed E-state index contributed by atoms with van der Waals surface area (Å²) in [5.74, 6) is 0.678. The first-order chi connectivity index (χ1) is 8.45. The molecule has 0 saturated heterocycles. The van der Waals surface area contributed by atoms with Gasteiger partial charge in [-0.25, -0.2) is 0 Å². The Bertz CT molecular complexity index is 536. The number of rotatable bonds is 3. The van der Waals surface area contributed by atoms with E-state index in [0.29, 0.717) is 18.0 Å². The van der Waals surface area contributed by atoms with Crippen LogP contribution in [-0.4, -0.2) is 0 Å². The monoisotopic (exact) mass is 367 g/mol. The van der Waals surface area contributed by atoms with E-state index < -0.39 is 11.7 Å². The fourth-order valence-corrected chi connectivity index (χ4v) is 1.90. The highest BCUT2D eigenvalue weighted by molar-refractivity contribution is 14.1. The molecule has 1 aromatic heterocycles. The highest BCUT2D eigenvalue weighted by Gasteiger charge is 2.30. The summed E-state index contributed by atoms with van der Waals surface area (Å²) in [7, 11) is 0. The van der Waals surface area contributed by atoms with Gasteiger partial charge in [-0.2, -0.15) is 13.2 Å². The van der Waals surface area contributed by atoms with Crippen LogP contribution in [0.2, 0.25) is 0 Å². The molecule has 0 amide bonds. The van der Waals surface area contributed by atoms with Crippen LogP contribution in [-0.2, 0) is 12.7 Å². The average Bonchev–Trinajstić information content (AvgIpc) is 2.72. The first-order valence-electron chi connectivity index (χ1n) is 5.10. The van der Waals surface area contributed by atoms with E-state index >= 15 is 0 Å². The van der Waals surface area contributed by atoms with Gasteiger partial charge >= 0.3 is 6.18 Å². The van der Waals surface area contributed by atoms with Crippen molar-refractivity contribution in [2.45, 2.75) is 12.7 Å². The minimum absolute atomic E-state index is 0.352. The molecule has 0 spiro atoms. The highest BCUT2D eigenvalue weighted by atomic mass is 127. The van der Waals surface area contributed by atoms with Gasteiger partial charge in [0.2, 0.25) is 0 Å². The lowest BCUT2D eigenvalue weighted by Gasteiger charge is -2.09. The molecule has 0 saturated carbocycles. The zero-order chi connectivity index (χ0) is 13.2. The van der Waals surface area contributed by atoms with E-state index in [1.54, 1.807) is 18.2 Å². The second-order valence-electron chi connectivity index (χ2n) is 3.64. The molecule has 0 bridgehead atoms. The van der Waals surface area contributed by atoms with E-state index in [2.05, 4.69) is 5.32 Å². The van der Waals surface area contributed by atoms with Crippen molar-refractivity contribution in [3.05, 3.63) is 51.5 Å². The van der Waals surface area contributed by atoms with Crippen LogP contribution in [0, 0.1) is 3.77 Å². The molecule has 1 aromatic carbocycles. The first-order valence-corrected chi connectivity index (χ1v) is 6.18. The second kappa shape index (κ2) is 5.21. The molecule has 6 heteroatoms. The average molecular weight is 367 g/mol. The Hall–Kier alpha value is -1.18. The Morgan fingerprint density at radius 2 is 1.94 bits per heavy atom. The molecule has 18 heavy (non-hydrogen) atoms. The molecule has 2 rings (SSSR count). The quantitative estimate of drug-likeness (QED) is 0.808. The van der Waals surface area contributed by atoms with Crippen LogP contribution in [0.15, 0.2) is 40.8 Å². The van der Waals surface area contributed by atoms with Crippen molar-refractivity contribution in [1.82, 2.24) is 0 Å². The van der Waals surface area contributed by atoms with Crippen LogP contribution < -0.4 is 5.32 Å². The first kappa shape index (κ1) is 13.3. The standard InChI is InChI=1S/C12H9F3INO/c13-12(14,15)8-2-1-3-9(6-8)17-7-10-4-5-11(16)18-10/h1-6,17H,7H2. The Morgan fingerprint density at radius 3 is 2.56 bits per heavy atom. The van der Waals surface area contributed by atoms with Gasteiger partial charge in [0.1, 0.15) is 5.76 Å². The van der Waals surface area contributed by atoms with Crippen molar-refractivity contribution < 1.29 is 17.6 Å². The topological polar surface area (TPSA) is 25.2 Å². The molecule has 0 unspecified atom stereocenters. The summed E-state index contributed by atoms with van der Waals surface area (Å²) in [6.07, 6.45) is -4.32. The maximum Gasteiger partial charge on any atom is 0.416 e. The Kier molecular flexibility index (Phi) is 3.84. The molecule has 2 nitrogen and oxygen atoms in total. The normalized spacial score (nSPS) is 11.6. The summed E-state index contributed by atoms with van der Waals surface area (Å²) < 4.78 is 43.5. The summed E-state index contributed by atoms with van der Waals surface area (Å²) in [6, 6.07) is 8.65. The lowest BCUT2D eigenvalue weighted by atomic mass is 10.2. The Balaban J connectivity index is 2.06. The summed E-state index contributed by atoms with van der Waals surface area (Å²) in [5.41, 5.74) is -0.252. The predicted octanol–water partition coefficient (Wildman–Crippen LogP) is 4.52. The van der Waals surface area contributed by atoms with Gasteiger partial charge < -0.3 is 9.73 Å². The van der Waals surface area contributed by atoms with E-state index in [1.807, 2.05) is 22.6 Å². The number of nitrogens with one attached hydrogen (secondary N) is 1. The van der Waals surface area contributed by atoms with Crippen molar-refractivity contribution in [1.29, 1.82) is 0 Å². The van der Waals surface area contributed by atoms with Gasteiger partial charge in [0, 0.05) is 5.69 Å². The van der Waals surface area contributed by atoms with E-state index in [-0.39, 0.29) is 0 Å². The third-order valence-electron chi connectivity index (χ3n) is 2.29. The van der Waals surface area contributed by atoms with Crippen LogP contribution in [0.5, 0.6) is 0 Å². The number of anilines is 1. The fraction of sp³-hybridized carbons (Fsp3) is 0.167. The minimum atomic E-state index is -4.32. The van der Waals surface area contributed by atoms with E-state index in [9.17, 15) is 13.2 Å². The smallest absolute Gasteiger partial charge is 0.416 e. The molecule has 0 radical (unpaired) electrons. The van der Waals surface area contributed by atoms with Gasteiger partial charge in [0.15, 0.2) is 3.77 Å². The van der Waals surface area contributed by atoms with Crippen LogP contribution in [0.25, 0.3) is 0 Å². The molecule has 96 valence electrons. The fourth-order valence-electron chi connectivity index (χ4n) is 1.44. The predicted molar refractivity (Wildman–Crippen MR) is 70.2 cm³/mol. The van der Waals surface area contributed by atoms with Crippen LogP contribution in [0.3, 0.4) is 0 Å². The lowest BCUT2D eigenvalue weighted by molar-refractivity contribution is -0.137. The van der Waals surface area contributed by atoms with Gasteiger partial charge in [-0.1, -0.05) is 6.07 Å². The van der Waals surface area contributed by atoms with Gasteiger partial charge in [-0.3, -0.25) is 0 Å². The van der Waals surface area contributed by atoms with Crippen molar-refractivity contribution in [3.8, 4) is 0 Å². The van der Waals surface area contributed by atoms with Crippen LogP contribution >= 0.6 is 22.6 Å². The van der Waals surface area contributed by atoms with E-state index in [4.69, 9.17) is 4.42 Å². The zero-order valence-electron chi connectivity index (χ0n) is 9.09. The number of furan rings is 1. The largest absolute Gasteiger partial charge is 0.454 e. The van der Waals surface area contributed by atoms with Gasteiger partial charge in [0.25, 0.3) is 0 Å². The molecule has 0 aliphatic heterocycles. The van der Waals surface area contributed by atoms with Crippen molar-refractivity contribution in [2.24, 2.45) is 0 Å². The summed E-state index contributed by atoms with van der Waals surface area (Å²) in [6.45, 7) is 0.352. The Morgan fingerprint density at radius 1 is 1.17 bits per heavy atom. The molecular formula is C12H9F3INO. The van der Waals surface area contributed by atoms with E-state index in [1.165, 1.54) is 6.07 Å². The summed E-state index contributed by atoms with van der Waals surface area (Å²) in [4.78, 5) is 0. The minimum Gasteiger partial charge on any atom is -0.454 e. The second-order valence-corrected chi connectivity index (χ2v) is 4.70. The molecule has 1 heterocycles. The zero-order valence-corrected chi connectivity index (χ0v) is 11.2. The van der Waals surface area contributed by atoms with Gasteiger partial charge in [0.05, 0.1) is 12.1 Å². The lowest BCUT2D eigenvalue weighted by Crippen LogP contribution is -2.06. The maximum atomic E-state index is 12.5. The van der Waals surface area contributed by atoms with E-state index in [0.717, 1.165) is 15.9 Å². The summed E-state index contributed by atoms with van der Waals surface area (Å²) >= 11 is 2.03. The van der Waals surface area contributed by atoms with Gasteiger partial charge in [-0.15, -0.1) is 0 Å². The summed E-state index contributed by atoms with van der Waals surface area (Å²) in [5, 5.41) is 2.89. The number of hydrogen-bond donors (Lipinski definition) is 1. The molecule has 2 aromatic rings. The molecule has 1 N–H and O–H groups in total. The number of benzene rings is 1. The molecular weight excluding hydrogens is 358 g/mol. The molecule has 0 aliphatic rings. The maximum absolute atomic E-state index is 12.5. The van der Waals surface area contributed by atoms with Crippen LogP contribution in [0.4, 0.5) is 18.9 Å². The number of hydrogen-bond acceptors (Lipinski definition) is 2. The Labute approximate surface area is 115 Å². The van der Waals surface area contributed by atoms with Crippen molar-refractivity contribution in [3.63, 3.8) is 0 Å². The highest BCUT2D eigenvalue weighted by Crippen LogP contribution is 2.30. The van der Waals surface area contributed by atoms with Crippen molar-refractivity contribution in [2.75, 3.05) is 5.32 Å². The number of alkyl halides is 3. The van der Waals surface area contributed by atoms with Crippen LogP contribution in [0.1, 0.15) is 11.3 Å². The molecule has 0 fully saturated rings. The third-order valence-corrected chi connectivity index (χ3v) is 2.87. The third kappa shape index (κ3) is 3.41. The molecule has 0 aliphatic carbocycles. The van der Waals surface area contributed by atoms with Gasteiger partial charge in [-0.05, 0) is 52.9 Å². The SMILES string of the molecule is FC(F)(F)c1cccc(NCc2ccc(I)o2)c1. The molecule has 0 atom stereocenters.